The Labute approximate surface area is 133 Å². The zero-order chi connectivity index (χ0) is 14.4. The van der Waals surface area contributed by atoms with Crippen molar-refractivity contribution in [3.05, 3.63) is 44.9 Å². The lowest BCUT2D eigenvalue weighted by Gasteiger charge is -2.18. The molecule has 0 fully saturated rings. The largest absolute Gasteiger partial charge is 0.309 e. The minimum absolute atomic E-state index is 0.295. The first-order valence-electron chi connectivity index (χ1n) is 7.04. The fourth-order valence-corrected chi connectivity index (χ4v) is 3.44. The standard InChI is InChI=1S/C15H20BrN3S/c1-3-9-17-14(15-13(4-2)18-19-20-15)10-11-7-5-6-8-12(11)16/h5-8,14,17H,3-4,9-10H2,1-2H3. The Morgan fingerprint density at radius 2 is 2.10 bits per heavy atom. The molecule has 2 aromatic rings. The Morgan fingerprint density at radius 3 is 2.80 bits per heavy atom. The highest BCUT2D eigenvalue weighted by Crippen LogP contribution is 2.27. The zero-order valence-electron chi connectivity index (χ0n) is 11.9. The molecular formula is C15H20BrN3S. The lowest BCUT2D eigenvalue weighted by atomic mass is 10.0. The lowest BCUT2D eigenvalue weighted by Crippen LogP contribution is -2.24. The first-order chi connectivity index (χ1) is 9.76. The average molecular weight is 354 g/mol. The van der Waals surface area contributed by atoms with Gasteiger partial charge in [0.25, 0.3) is 0 Å². The molecule has 1 aromatic carbocycles. The van der Waals surface area contributed by atoms with Gasteiger partial charge in [0.2, 0.25) is 0 Å². The molecule has 2 rings (SSSR count). The Balaban J connectivity index is 2.22. The van der Waals surface area contributed by atoms with Crippen LogP contribution in [-0.2, 0) is 12.8 Å². The monoisotopic (exact) mass is 353 g/mol. The maximum absolute atomic E-state index is 4.24. The number of halogens is 1. The van der Waals surface area contributed by atoms with Crippen molar-refractivity contribution < 1.29 is 0 Å². The molecule has 0 saturated carbocycles. The smallest absolute Gasteiger partial charge is 0.0801 e. The van der Waals surface area contributed by atoms with E-state index < -0.39 is 0 Å². The van der Waals surface area contributed by atoms with Crippen LogP contribution in [0.2, 0.25) is 0 Å². The molecule has 1 aromatic heterocycles. The lowest BCUT2D eigenvalue weighted by molar-refractivity contribution is 0.531. The molecular weight excluding hydrogens is 334 g/mol. The average Bonchev–Trinajstić information content (AvgIpc) is 2.93. The fraction of sp³-hybridized carbons (Fsp3) is 0.467. The van der Waals surface area contributed by atoms with E-state index in [1.807, 2.05) is 6.07 Å². The summed E-state index contributed by atoms with van der Waals surface area (Å²) in [7, 11) is 0. The molecule has 0 aliphatic heterocycles. The third kappa shape index (κ3) is 3.87. The van der Waals surface area contributed by atoms with Gasteiger partial charge in [0, 0.05) is 10.5 Å². The number of nitrogens with zero attached hydrogens (tertiary/aromatic N) is 2. The Morgan fingerprint density at radius 1 is 1.30 bits per heavy atom. The van der Waals surface area contributed by atoms with E-state index in [4.69, 9.17) is 0 Å². The zero-order valence-corrected chi connectivity index (χ0v) is 14.3. The van der Waals surface area contributed by atoms with Crippen molar-refractivity contribution in [3.8, 4) is 0 Å². The SMILES string of the molecule is CCCNC(Cc1ccccc1Br)c1snnc1CC. The molecule has 1 atom stereocenters. The fourth-order valence-electron chi connectivity index (χ4n) is 2.19. The number of aromatic nitrogens is 2. The van der Waals surface area contributed by atoms with Gasteiger partial charge < -0.3 is 5.32 Å². The minimum atomic E-state index is 0.295. The normalized spacial score (nSPS) is 12.6. The second kappa shape index (κ2) is 7.86. The van der Waals surface area contributed by atoms with Crippen molar-refractivity contribution in [1.29, 1.82) is 0 Å². The van der Waals surface area contributed by atoms with E-state index >= 15 is 0 Å². The summed E-state index contributed by atoms with van der Waals surface area (Å²) in [6.45, 7) is 5.33. The van der Waals surface area contributed by atoms with Gasteiger partial charge in [0.15, 0.2) is 0 Å². The minimum Gasteiger partial charge on any atom is -0.309 e. The van der Waals surface area contributed by atoms with E-state index in [9.17, 15) is 0 Å². The molecule has 0 bridgehead atoms. The Hall–Kier alpha value is -0.780. The van der Waals surface area contributed by atoms with E-state index in [0.717, 1.165) is 31.5 Å². The Bertz CT molecular complexity index is 541. The van der Waals surface area contributed by atoms with Crippen LogP contribution in [0.15, 0.2) is 28.7 Å². The van der Waals surface area contributed by atoms with Gasteiger partial charge in [-0.15, -0.1) is 5.10 Å². The Kier molecular flexibility index (Phi) is 6.13. The summed E-state index contributed by atoms with van der Waals surface area (Å²) in [6, 6.07) is 8.70. The van der Waals surface area contributed by atoms with Gasteiger partial charge in [-0.2, -0.15) is 0 Å². The molecule has 0 amide bonds. The maximum Gasteiger partial charge on any atom is 0.0801 e. The quantitative estimate of drug-likeness (QED) is 0.812. The summed E-state index contributed by atoms with van der Waals surface area (Å²) >= 11 is 5.16. The van der Waals surface area contributed by atoms with Crippen LogP contribution >= 0.6 is 27.5 Å². The summed E-state index contributed by atoms with van der Waals surface area (Å²) in [6.07, 6.45) is 3.02. The van der Waals surface area contributed by atoms with Gasteiger partial charge in [-0.25, -0.2) is 0 Å². The highest BCUT2D eigenvalue weighted by atomic mass is 79.9. The van der Waals surface area contributed by atoms with Gasteiger partial charge in [0.05, 0.1) is 10.6 Å². The van der Waals surface area contributed by atoms with Crippen LogP contribution in [0.1, 0.15) is 42.4 Å². The number of hydrogen-bond donors (Lipinski definition) is 1. The van der Waals surface area contributed by atoms with Crippen LogP contribution in [-0.4, -0.2) is 16.1 Å². The number of rotatable bonds is 7. The van der Waals surface area contributed by atoms with Gasteiger partial charge in [-0.1, -0.05) is 52.5 Å². The van der Waals surface area contributed by atoms with Crippen LogP contribution in [0.4, 0.5) is 0 Å². The second-order valence-corrected chi connectivity index (χ2v) is 6.38. The summed E-state index contributed by atoms with van der Waals surface area (Å²) < 4.78 is 5.29. The van der Waals surface area contributed by atoms with Crippen LogP contribution < -0.4 is 5.32 Å². The maximum atomic E-state index is 4.24. The van der Waals surface area contributed by atoms with Crippen molar-refractivity contribution in [3.63, 3.8) is 0 Å². The molecule has 0 radical (unpaired) electrons. The van der Waals surface area contributed by atoms with E-state index in [1.54, 1.807) is 0 Å². The summed E-state index contributed by atoms with van der Waals surface area (Å²) in [5.74, 6) is 0. The van der Waals surface area contributed by atoms with E-state index in [0.29, 0.717) is 6.04 Å². The predicted molar refractivity (Wildman–Crippen MR) is 88.2 cm³/mol. The third-order valence-corrected chi connectivity index (χ3v) is 4.91. The topological polar surface area (TPSA) is 37.8 Å². The van der Waals surface area contributed by atoms with Crippen molar-refractivity contribution in [2.45, 2.75) is 39.2 Å². The number of nitrogens with one attached hydrogen (secondary N) is 1. The van der Waals surface area contributed by atoms with Gasteiger partial charge in [-0.3, -0.25) is 0 Å². The van der Waals surface area contributed by atoms with Crippen LogP contribution in [0.25, 0.3) is 0 Å². The first-order valence-corrected chi connectivity index (χ1v) is 8.60. The third-order valence-electron chi connectivity index (χ3n) is 3.26. The molecule has 1 unspecified atom stereocenters. The van der Waals surface area contributed by atoms with Gasteiger partial charge in [-0.05, 0) is 49.0 Å². The highest BCUT2D eigenvalue weighted by molar-refractivity contribution is 9.10. The highest BCUT2D eigenvalue weighted by Gasteiger charge is 2.19. The molecule has 0 saturated heterocycles. The first kappa shape index (κ1) is 15.6. The van der Waals surface area contributed by atoms with E-state index in [2.05, 4.69) is 62.9 Å². The van der Waals surface area contributed by atoms with Crippen LogP contribution in [0.3, 0.4) is 0 Å². The molecule has 1 heterocycles. The predicted octanol–water partition coefficient (Wildman–Crippen LogP) is 4.15. The number of aryl methyl sites for hydroxylation is 1. The van der Waals surface area contributed by atoms with Crippen molar-refractivity contribution in [2.24, 2.45) is 0 Å². The van der Waals surface area contributed by atoms with E-state index in [-0.39, 0.29) is 0 Å². The van der Waals surface area contributed by atoms with Crippen LogP contribution in [0.5, 0.6) is 0 Å². The molecule has 1 N–H and O–H groups in total. The molecule has 108 valence electrons. The molecule has 0 aliphatic rings. The summed E-state index contributed by atoms with van der Waals surface area (Å²) in [5, 5.41) is 7.88. The molecule has 3 nitrogen and oxygen atoms in total. The number of hydrogen-bond acceptors (Lipinski definition) is 4. The van der Waals surface area contributed by atoms with E-state index in [1.165, 1.54) is 26.4 Å². The van der Waals surface area contributed by atoms with Crippen LogP contribution in [0, 0.1) is 0 Å². The van der Waals surface area contributed by atoms with Crippen molar-refractivity contribution in [2.75, 3.05) is 6.54 Å². The van der Waals surface area contributed by atoms with Gasteiger partial charge in [0.1, 0.15) is 0 Å². The summed E-state index contributed by atoms with van der Waals surface area (Å²) in [4.78, 5) is 1.27. The molecule has 0 spiro atoms. The number of benzene rings is 1. The molecule has 20 heavy (non-hydrogen) atoms. The molecule has 0 aliphatic carbocycles. The van der Waals surface area contributed by atoms with Crippen molar-refractivity contribution >= 4 is 27.5 Å². The summed E-state index contributed by atoms with van der Waals surface area (Å²) in [5.41, 5.74) is 2.44. The van der Waals surface area contributed by atoms with Gasteiger partial charge >= 0.3 is 0 Å². The van der Waals surface area contributed by atoms with Crippen molar-refractivity contribution in [1.82, 2.24) is 14.9 Å². The molecule has 5 heteroatoms. The second-order valence-electron chi connectivity index (χ2n) is 4.74.